The first-order valence-corrected chi connectivity index (χ1v) is 9.57. The summed E-state index contributed by atoms with van der Waals surface area (Å²) in [6, 6.07) is 18.5. The highest BCUT2D eigenvalue weighted by molar-refractivity contribution is 5.97. The molecule has 2 amide bonds. The van der Waals surface area contributed by atoms with E-state index in [-0.39, 0.29) is 23.9 Å². The van der Waals surface area contributed by atoms with Crippen molar-refractivity contribution >= 4 is 11.8 Å². The quantitative estimate of drug-likeness (QED) is 0.735. The molecule has 1 aliphatic rings. The van der Waals surface area contributed by atoms with E-state index in [1.54, 1.807) is 12.1 Å². The summed E-state index contributed by atoms with van der Waals surface area (Å²) in [4.78, 5) is 25.5. The molecule has 0 saturated heterocycles. The second-order valence-electron chi connectivity index (χ2n) is 7.20. The Morgan fingerprint density at radius 3 is 2.15 bits per heavy atom. The number of rotatable bonds is 6. The summed E-state index contributed by atoms with van der Waals surface area (Å²) >= 11 is 0. The van der Waals surface area contributed by atoms with E-state index < -0.39 is 6.04 Å². The Hall–Kier alpha value is -2.66. The molecule has 27 heavy (non-hydrogen) atoms. The molecule has 5 nitrogen and oxygen atoms in total. The molecule has 2 aromatic rings. The van der Waals surface area contributed by atoms with Crippen LogP contribution in [0.1, 0.15) is 41.6 Å². The molecule has 0 bridgehead atoms. The topological polar surface area (TPSA) is 84.2 Å². The standard InChI is InChI=1S/C22H27N3O2/c23-18-11-13-19(14-12-18)24-22(27)20(15-16-7-3-1-4-8-16)25-21(26)17-9-5-2-6-10-17/h1-10,18-20H,11-15,23H2,(H,24,27)(H,25,26). The van der Waals surface area contributed by atoms with Gasteiger partial charge in [0.05, 0.1) is 0 Å². The molecule has 0 radical (unpaired) electrons. The predicted octanol–water partition coefficient (Wildman–Crippen LogP) is 2.41. The van der Waals surface area contributed by atoms with Crippen molar-refractivity contribution in [1.29, 1.82) is 0 Å². The van der Waals surface area contributed by atoms with Crippen LogP contribution < -0.4 is 16.4 Å². The lowest BCUT2D eigenvalue weighted by atomic mass is 9.91. The number of amides is 2. The summed E-state index contributed by atoms with van der Waals surface area (Å²) in [6.07, 6.45) is 4.07. The van der Waals surface area contributed by atoms with Gasteiger partial charge in [-0.1, -0.05) is 48.5 Å². The zero-order chi connectivity index (χ0) is 19.1. The van der Waals surface area contributed by atoms with E-state index in [9.17, 15) is 9.59 Å². The largest absolute Gasteiger partial charge is 0.352 e. The third kappa shape index (κ3) is 5.66. The normalized spacial score (nSPS) is 20.5. The minimum Gasteiger partial charge on any atom is -0.352 e. The van der Waals surface area contributed by atoms with Crippen LogP contribution in [-0.4, -0.2) is 29.9 Å². The van der Waals surface area contributed by atoms with Crippen molar-refractivity contribution in [2.75, 3.05) is 0 Å². The molecule has 0 heterocycles. The Balaban J connectivity index is 1.68. The van der Waals surface area contributed by atoms with Crippen molar-refractivity contribution < 1.29 is 9.59 Å². The van der Waals surface area contributed by atoms with Crippen LogP contribution in [0.15, 0.2) is 60.7 Å². The number of carbonyl (C=O) groups is 2. The highest BCUT2D eigenvalue weighted by atomic mass is 16.2. The van der Waals surface area contributed by atoms with Gasteiger partial charge in [-0.3, -0.25) is 9.59 Å². The molecule has 0 aromatic heterocycles. The molecule has 1 aliphatic carbocycles. The summed E-state index contributed by atoms with van der Waals surface area (Å²) in [5.74, 6) is -0.374. The van der Waals surface area contributed by atoms with Gasteiger partial charge in [0.25, 0.3) is 5.91 Å². The SMILES string of the molecule is NC1CCC(NC(=O)C(Cc2ccccc2)NC(=O)c2ccccc2)CC1. The van der Waals surface area contributed by atoms with Gasteiger partial charge >= 0.3 is 0 Å². The summed E-state index contributed by atoms with van der Waals surface area (Å²) in [5, 5.41) is 6.01. The third-order valence-corrected chi connectivity index (χ3v) is 5.06. The van der Waals surface area contributed by atoms with Gasteiger partial charge in [-0.05, 0) is 43.4 Å². The van der Waals surface area contributed by atoms with Crippen LogP contribution in [0.4, 0.5) is 0 Å². The highest BCUT2D eigenvalue weighted by Gasteiger charge is 2.26. The number of carbonyl (C=O) groups excluding carboxylic acids is 2. The van der Waals surface area contributed by atoms with Crippen molar-refractivity contribution in [1.82, 2.24) is 10.6 Å². The van der Waals surface area contributed by atoms with Crippen LogP contribution in [0.3, 0.4) is 0 Å². The summed E-state index contributed by atoms with van der Waals surface area (Å²) < 4.78 is 0. The minimum absolute atomic E-state index is 0.129. The molecule has 1 saturated carbocycles. The Labute approximate surface area is 160 Å². The van der Waals surface area contributed by atoms with Crippen LogP contribution in [0.5, 0.6) is 0 Å². The van der Waals surface area contributed by atoms with Crippen LogP contribution >= 0.6 is 0 Å². The van der Waals surface area contributed by atoms with E-state index in [0.29, 0.717) is 12.0 Å². The van der Waals surface area contributed by atoms with Gasteiger partial charge < -0.3 is 16.4 Å². The molecule has 142 valence electrons. The first-order valence-electron chi connectivity index (χ1n) is 9.57. The fourth-order valence-electron chi connectivity index (χ4n) is 3.46. The van der Waals surface area contributed by atoms with Crippen molar-refractivity contribution in [3.05, 3.63) is 71.8 Å². The van der Waals surface area contributed by atoms with E-state index in [0.717, 1.165) is 31.2 Å². The van der Waals surface area contributed by atoms with Gasteiger partial charge in [-0.15, -0.1) is 0 Å². The van der Waals surface area contributed by atoms with E-state index in [4.69, 9.17) is 5.73 Å². The lowest BCUT2D eigenvalue weighted by Gasteiger charge is -2.28. The zero-order valence-corrected chi connectivity index (χ0v) is 15.4. The van der Waals surface area contributed by atoms with Crippen LogP contribution in [0, 0.1) is 0 Å². The Kier molecular flexibility index (Phi) is 6.60. The van der Waals surface area contributed by atoms with Crippen LogP contribution in [-0.2, 0) is 11.2 Å². The Morgan fingerprint density at radius 1 is 0.926 bits per heavy atom. The first-order chi connectivity index (χ1) is 13.1. The van der Waals surface area contributed by atoms with Gasteiger partial charge in [0.1, 0.15) is 6.04 Å². The fourth-order valence-corrected chi connectivity index (χ4v) is 3.46. The molecule has 2 aromatic carbocycles. The lowest BCUT2D eigenvalue weighted by molar-refractivity contribution is -0.123. The molecular weight excluding hydrogens is 338 g/mol. The van der Waals surface area contributed by atoms with E-state index in [2.05, 4.69) is 10.6 Å². The second-order valence-corrected chi connectivity index (χ2v) is 7.20. The van der Waals surface area contributed by atoms with Crippen molar-refractivity contribution in [3.8, 4) is 0 Å². The number of hydrogen-bond acceptors (Lipinski definition) is 3. The number of nitrogens with one attached hydrogen (secondary N) is 2. The number of benzene rings is 2. The van der Waals surface area contributed by atoms with E-state index in [1.165, 1.54) is 0 Å². The maximum atomic E-state index is 12.9. The van der Waals surface area contributed by atoms with E-state index in [1.807, 2.05) is 48.5 Å². The van der Waals surface area contributed by atoms with Crippen molar-refractivity contribution in [2.45, 2.75) is 50.2 Å². The molecule has 0 aliphatic heterocycles. The predicted molar refractivity (Wildman–Crippen MR) is 106 cm³/mol. The average Bonchev–Trinajstić information content (AvgIpc) is 2.70. The van der Waals surface area contributed by atoms with Crippen molar-refractivity contribution in [3.63, 3.8) is 0 Å². The maximum Gasteiger partial charge on any atom is 0.251 e. The molecule has 1 fully saturated rings. The molecule has 3 rings (SSSR count). The maximum absolute atomic E-state index is 12.9. The fraction of sp³-hybridized carbons (Fsp3) is 0.364. The van der Waals surface area contributed by atoms with Gasteiger partial charge in [0.2, 0.25) is 5.91 Å². The van der Waals surface area contributed by atoms with Gasteiger partial charge in [0, 0.05) is 24.1 Å². The molecule has 1 atom stereocenters. The smallest absolute Gasteiger partial charge is 0.251 e. The number of hydrogen-bond donors (Lipinski definition) is 3. The second kappa shape index (κ2) is 9.33. The van der Waals surface area contributed by atoms with Crippen molar-refractivity contribution in [2.24, 2.45) is 5.73 Å². The van der Waals surface area contributed by atoms with Gasteiger partial charge in [0.15, 0.2) is 0 Å². The highest BCUT2D eigenvalue weighted by Crippen LogP contribution is 2.17. The van der Waals surface area contributed by atoms with Gasteiger partial charge in [-0.2, -0.15) is 0 Å². The summed E-state index contributed by atoms with van der Waals surface area (Å²) in [5.41, 5.74) is 7.51. The lowest BCUT2D eigenvalue weighted by Crippen LogP contribution is -2.51. The van der Waals surface area contributed by atoms with E-state index >= 15 is 0 Å². The molecule has 1 unspecified atom stereocenters. The molecular formula is C22H27N3O2. The molecule has 4 N–H and O–H groups in total. The average molecular weight is 365 g/mol. The van der Waals surface area contributed by atoms with Gasteiger partial charge in [-0.25, -0.2) is 0 Å². The third-order valence-electron chi connectivity index (χ3n) is 5.06. The Morgan fingerprint density at radius 2 is 1.52 bits per heavy atom. The monoisotopic (exact) mass is 365 g/mol. The summed E-state index contributed by atoms with van der Waals surface area (Å²) in [7, 11) is 0. The number of nitrogens with two attached hydrogens (primary N) is 1. The molecule has 5 heteroatoms. The minimum atomic E-state index is -0.615. The summed E-state index contributed by atoms with van der Waals surface area (Å²) in [6.45, 7) is 0. The zero-order valence-electron chi connectivity index (χ0n) is 15.4. The first kappa shape index (κ1) is 19.1. The van der Waals surface area contributed by atoms with Crippen LogP contribution in [0.2, 0.25) is 0 Å². The van der Waals surface area contributed by atoms with Crippen LogP contribution in [0.25, 0.3) is 0 Å². The Bertz CT molecular complexity index is 741. The molecule has 0 spiro atoms.